The summed E-state index contributed by atoms with van der Waals surface area (Å²) in [7, 11) is 0. The molecule has 40 heavy (non-hydrogen) atoms. The molecule has 4 rings (SSSR count). The van der Waals surface area contributed by atoms with Gasteiger partial charge in [-0.15, -0.1) is 11.3 Å². The molecule has 2 aromatic rings. The van der Waals surface area contributed by atoms with Crippen LogP contribution in [0.2, 0.25) is 5.02 Å². The van der Waals surface area contributed by atoms with E-state index in [1.165, 1.54) is 6.20 Å². The van der Waals surface area contributed by atoms with Crippen molar-refractivity contribution < 1.29 is 32.5 Å². The van der Waals surface area contributed by atoms with E-state index < -0.39 is 34.6 Å². The van der Waals surface area contributed by atoms with Crippen molar-refractivity contribution >= 4 is 58.2 Å². The van der Waals surface area contributed by atoms with E-state index in [1.54, 1.807) is 19.2 Å². The van der Waals surface area contributed by atoms with Crippen LogP contribution in [0.25, 0.3) is 0 Å². The number of alkyl halides is 3. The number of anilines is 1. The van der Waals surface area contributed by atoms with Crippen LogP contribution in [0.15, 0.2) is 52.5 Å². The Balaban J connectivity index is 1.44. The number of aliphatic imine (C=N–C) groups is 1. The van der Waals surface area contributed by atoms with Crippen LogP contribution in [-0.2, 0) is 11.0 Å². The maximum Gasteiger partial charge on any atom is 0.418 e. The number of thiazole rings is 1. The summed E-state index contributed by atoms with van der Waals surface area (Å²) in [5.41, 5.74) is 0.611. The van der Waals surface area contributed by atoms with Crippen LogP contribution in [0.5, 0.6) is 0 Å². The van der Waals surface area contributed by atoms with Crippen molar-refractivity contribution in [2.75, 3.05) is 18.4 Å². The van der Waals surface area contributed by atoms with Gasteiger partial charge < -0.3 is 15.8 Å². The fourth-order valence-corrected chi connectivity index (χ4v) is 4.92. The smallest absolute Gasteiger partial charge is 0.411 e. The third-order valence-corrected chi connectivity index (χ3v) is 7.47. The van der Waals surface area contributed by atoms with Gasteiger partial charge in [0.05, 0.1) is 28.5 Å². The van der Waals surface area contributed by atoms with Gasteiger partial charge in [-0.2, -0.15) is 13.2 Å². The predicted molar refractivity (Wildman–Crippen MR) is 145 cm³/mol. The molecule has 0 radical (unpaired) electrons. The second kappa shape index (κ2) is 12.5. The number of amides is 2. The molecule has 0 unspecified atom stereocenters. The first-order valence-corrected chi connectivity index (χ1v) is 13.3. The molecule has 4 heterocycles. The zero-order valence-electron chi connectivity index (χ0n) is 21.1. The number of pyridine rings is 1. The van der Waals surface area contributed by atoms with Crippen molar-refractivity contribution in [3.05, 3.63) is 62.9 Å². The second-order valence-electron chi connectivity index (χ2n) is 8.82. The first-order valence-electron chi connectivity index (χ1n) is 12.1. The standard InChI is InChI=1S/C25H23ClF3N7O3S/c1-14(24-32-13-20(40-24)23(38)34-21-11-17(25(27,28)29)18(26)12-31-21)33-22(37)19-10-16(4-2-3-7-30-19)36-8-5-15(35-39)6-9-36/h2,4,7,10-14H,3,5-6,8-9H2,1H3,(H2-,31,33,34,37,38,39)/p+1/t14-/m1/s1. The van der Waals surface area contributed by atoms with Crippen molar-refractivity contribution in [1.29, 1.82) is 0 Å². The van der Waals surface area contributed by atoms with Crippen LogP contribution < -0.4 is 10.6 Å². The Bertz CT molecular complexity index is 1450. The molecule has 0 aliphatic carbocycles. The van der Waals surface area contributed by atoms with E-state index in [-0.39, 0.29) is 16.4 Å². The summed E-state index contributed by atoms with van der Waals surface area (Å²) < 4.78 is 41.4. The van der Waals surface area contributed by atoms with Crippen LogP contribution in [-0.4, -0.2) is 62.3 Å². The molecule has 1 atom stereocenters. The molecule has 0 aromatic carbocycles. The zero-order valence-corrected chi connectivity index (χ0v) is 22.6. The number of hydrogen-bond donors (Lipinski definition) is 3. The van der Waals surface area contributed by atoms with Gasteiger partial charge in [0.15, 0.2) is 0 Å². The first-order chi connectivity index (χ1) is 19.0. The van der Waals surface area contributed by atoms with Gasteiger partial charge in [-0.25, -0.2) is 14.5 Å². The summed E-state index contributed by atoms with van der Waals surface area (Å²) in [6.45, 7) is 2.96. The van der Waals surface area contributed by atoms with E-state index in [9.17, 15) is 22.8 Å². The number of allylic oxidation sites excluding steroid dienone is 3. The predicted octanol–water partition coefficient (Wildman–Crippen LogP) is 4.63. The maximum absolute atomic E-state index is 13.1. The highest BCUT2D eigenvalue weighted by Crippen LogP contribution is 2.35. The molecule has 0 saturated carbocycles. The molecular weight excluding hydrogens is 571 g/mol. The summed E-state index contributed by atoms with van der Waals surface area (Å²) in [5.74, 6) is -1.47. The lowest BCUT2D eigenvalue weighted by molar-refractivity contribution is -0.527. The van der Waals surface area contributed by atoms with Crippen LogP contribution >= 0.6 is 22.9 Å². The Kier molecular flexibility index (Phi) is 9.10. The fourth-order valence-electron chi connectivity index (χ4n) is 3.90. The molecule has 210 valence electrons. The maximum atomic E-state index is 13.1. The molecule has 0 bridgehead atoms. The van der Waals surface area contributed by atoms with Crippen molar-refractivity contribution in [2.45, 2.75) is 38.4 Å². The highest BCUT2D eigenvalue weighted by atomic mass is 35.5. The number of halogens is 4. The third kappa shape index (κ3) is 7.18. The molecule has 2 aliphatic rings. The van der Waals surface area contributed by atoms with E-state index >= 15 is 0 Å². The minimum Gasteiger partial charge on any atom is -0.411 e. The number of nitrogens with zero attached hydrogens (tertiary/aromatic N) is 5. The highest BCUT2D eigenvalue weighted by Gasteiger charge is 2.34. The Hall–Kier alpha value is -3.91. The molecule has 2 aliphatic heterocycles. The number of carbonyl (C=O) groups excluding carboxylic acids is 2. The first kappa shape index (κ1) is 29.1. The van der Waals surface area contributed by atoms with Gasteiger partial charge in [-0.1, -0.05) is 22.8 Å². The largest absolute Gasteiger partial charge is 0.418 e. The monoisotopic (exact) mass is 594 g/mol. The molecule has 1 fully saturated rings. The molecule has 2 amide bonds. The van der Waals surface area contributed by atoms with Gasteiger partial charge in [0, 0.05) is 43.8 Å². The summed E-state index contributed by atoms with van der Waals surface area (Å²) in [6, 6.07) is 0.0565. The normalized spacial score (nSPS) is 16.6. The summed E-state index contributed by atoms with van der Waals surface area (Å²) in [4.78, 5) is 38.0. The Morgan fingerprint density at radius 1 is 1.20 bits per heavy atom. The molecule has 1 saturated heterocycles. The SMILES string of the molecule is C[C@@H](NC(=O)C1=CC(=[N+]2CCC(=NO)CC2)C=CCC=N1)c1ncc(C(=O)Nc2cc(C(F)(F)F)c(Cl)cn2)s1. The van der Waals surface area contributed by atoms with Gasteiger partial charge in [0.2, 0.25) is 5.71 Å². The quantitative estimate of drug-likeness (QED) is 0.264. The summed E-state index contributed by atoms with van der Waals surface area (Å²) in [5, 5.41) is 17.2. The van der Waals surface area contributed by atoms with Gasteiger partial charge >= 0.3 is 6.18 Å². The molecule has 0 spiro atoms. The molecule has 2 aromatic heterocycles. The van der Waals surface area contributed by atoms with E-state index in [0.717, 1.165) is 29.0 Å². The minimum atomic E-state index is -4.71. The van der Waals surface area contributed by atoms with Gasteiger partial charge in [0.25, 0.3) is 11.8 Å². The van der Waals surface area contributed by atoms with Gasteiger partial charge in [-0.3, -0.25) is 14.6 Å². The summed E-state index contributed by atoms with van der Waals surface area (Å²) >= 11 is 6.55. The van der Waals surface area contributed by atoms with Crippen LogP contribution in [0, 0.1) is 0 Å². The lowest BCUT2D eigenvalue weighted by Gasteiger charge is -2.14. The lowest BCUT2D eigenvalue weighted by atomic mass is 10.1. The number of carbonyl (C=O) groups is 2. The molecule has 10 nitrogen and oxygen atoms in total. The highest BCUT2D eigenvalue weighted by molar-refractivity contribution is 7.13. The zero-order chi connectivity index (χ0) is 28.9. The fraction of sp³-hybridized carbons (Fsp3) is 0.320. The van der Waals surface area contributed by atoms with Crippen molar-refractivity contribution in [1.82, 2.24) is 15.3 Å². The molecular formula is C25H24ClF3N7O3S+. The second-order valence-corrected chi connectivity index (χ2v) is 10.3. The Morgan fingerprint density at radius 2 is 1.95 bits per heavy atom. The van der Waals surface area contributed by atoms with Crippen molar-refractivity contribution in [2.24, 2.45) is 10.1 Å². The van der Waals surface area contributed by atoms with E-state index in [0.29, 0.717) is 43.4 Å². The van der Waals surface area contributed by atoms with Crippen molar-refractivity contribution in [3.8, 4) is 0 Å². The molecule has 15 heteroatoms. The molecule has 3 N–H and O–H groups in total. The van der Waals surface area contributed by atoms with E-state index in [4.69, 9.17) is 16.8 Å². The number of oxime groups is 1. The van der Waals surface area contributed by atoms with Gasteiger partial charge in [0.1, 0.15) is 34.5 Å². The number of piperidine rings is 1. The Labute approximate surface area is 235 Å². The summed E-state index contributed by atoms with van der Waals surface area (Å²) in [6.07, 6.45) is 6.30. The third-order valence-electron chi connectivity index (χ3n) is 5.99. The minimum absolute atomic E-state index is 0.112. The van der Waals surface area contributed by atoms with Crippen LogP contribution in [0.3, 0.4) is 0 Å². The average molecular weight is 595 g/mol. The number of rotatable bonds is 5. The topological polar surface area (TPSA) is 132 Å². The van der Waals surface area contributed by atoms with Crippen LogP contribution in [0.4, 0.5) is 19.0 Å². The number of nitrogens with one attached hydrogen (secondary N) is 2. The van der Waals surface area contributed by atoms with E-state index in [1.807, 2.05) is 12.2 Å². The Morgan fingerprint density at radius 3 is 2.65 bits per heavy atom. The number of hydrogen-bond acceptors (Lipinski definition) is 8. The average Bonchev–Trinajstić information content (AvgIpc) is 3.40. The van der Waals surface area contributed by atoms with E-state index in [2.05, 4.69) is 35.3 Å². The van der Waals surface area contributed by atoms with Crippen LogP contribution in [0.1, 0.15) is 52.5 Å². The van der Waals surface area contributed by atoms with Crippen molar-refractivity contribution in [3.63, 3.8) is 0 Å². The number of aromatic nitrogens is 2. The van der Waals surface area contributed by atoms with Gasteiger partial charge in [-0.05, 0) is 13.0 Å². The lowest BCUT2D eigenvalue weighted by Crippen LogP contribution is -2.31.